The number of aliphatic imine (C=N–C) groups is 2. The summed E-state index contributed by atoms with van der Waals surface area (Å²) >= 11 is 0. The van der Waals surface area contributed by atoms with E-state index in [-0.39, 0.29) is 12.3 Å². The highest BCUT2D eigenvalue weighted by atomic mass is 15.5. The van der Waals surface area contributed by atoms with Gasteiger partial charge in [-0.1, -0.05) is 18.2 Å². The van der Waals surface area contributed by atoms with E-state index in [0.717, 1.165) is 11.4 Å². The molecule has 0 spiro atoms. The van der Waals surface area contributed by atoms with Crippen LogP contribution in [-0.2, 0) is 0 Å². The maximum absolute atomic E-state index is 4.69. The molecule has 0 saturated carbocycles. The fraction of sp³-hybridized carbons (Fsp3) is 0.105. The molecule has 0 fully saturated rings. The molecule has 2 unspecified atom stereocenters. The topological polar surface area (TPSA) is 112 Å². The zero-order chi connectivity index (χ0) is 18.8. The predicted octanol–water partition coefficient (Wildman–Crippen LogP) is 0.978. The molecule has 2 aliphatic rings. The molecular weight excluding hydrogens is 354 g/mol. The van der Waals surface area contributed by atoms with Crippen molar-refractivity contribution in [1.29, 1.82) is 0 Å². The van der Waals surface area contributed by atoms with Crippen LogP contribution in [0.15, 0.2) is 77.0 Å². The van der Waals surface area contributed by atoms with Crippen molar-refractivity contribution in [3.05, 3.63) is 89.8 Å². The van der Waals surface area contributed by atoms with Crippen LogP contribution in [0.1, 0.15) is 35.1 Å². The molecule has 28 heavy (non-hydrogen) atoms. The Balaban J connectivity index is 1.39. The summed E-state index contributed by atoms with van der Waals surface area (Å²) in [6, 6.07) is 17.2. The summed E-state index contributed by atoms with van der Waals surface area (Å²) in [5.41, 5.74) is 15.5. The first-order valence-corrected chi connectivity index (χ1v) is 8.85. The number of aromatic nitrogens is 3. The molecule has 3 aromatic heterocycles. The van der Waals surface area contributed by atoms with E-state index < -0.39 is 0 Å². The average Bonchev–Trinajstić information content (AvgIpc) is 3.46. The van der Waals surface area contributed by atoms with Gasteiger partial charge in [0.05, 0.1) is 11.4 Å². The van der Waals surface area contributed by atoms with E-state index >= 15 is 0 Å². The van der Waals surface area contributed by atoms with Crippen LogP contribution in [0.2, 0.25) is 0 Å². The van der Waals surface area contributed by atoms with Crippen molar-refractivity contribution in [2.24, 2.45) is 9.98 Å². The van der Waals surface area contributed by atoms with Gasteiger partial charge in [0.2, 0.25) is 0 Å². The lowest BCUT2D eigenvalue weighted by Gasteiger charge is -2.06. The van der Waals surface area contributed by atoms with Crippen molar-refractivity contribution >= 4 is 11.7 Å². The quantitative estimate of drug-likeness (QED) is 0.541. The molecule has 2 aliphatic heterocycles. The van der Waals surface area contributed by atoms with Crippen molar-refractivity contribution in [2.75, 3.05) is 0 Å². The number of nitrogens with one attached hydrogen (secondary N) is 4. The van der Waals surface area contributed by atoms with Gasteiger partial charge in [-0.25, -0.2) is 25.8 Å². The Bertz CT molecular complexity index is 953. The van der Waals surface area contributed by atoms with Gasteiger partial charge in [0, 0.05) is 12.4 Å². The van der Waals surface area contributed by atoms with Crippen molar-refractivity contribution in [2.45, 2.75) is 12.3 Å². The van der Waals surface area contributed by atoms with Gasteiger partial charge < -0.3 is 10.9 Å². The van der Waals surface area contributed by atoms with Gasteiger partial charge in [0.25, 0.3) is 0 Å². The fourth-order valence-corrected chi connectivity index (χ4v) is 2.98. The molecule has 0 aromatic carbocycles. The molecule has 0 saturated heterocycles. The van der Waals surface area contributed by atoms with Gasteiger partial charge in [-0.2, -0.15) is 0 Å². The summed E-state index contributed by atoms with van der Waals surface area (Å²) in [5, 5.41) is 0. The molecule has 5 rings (SSSR count). The summed E-state index contributed by atoms with van der Waals surface area (Å²) in [7, 11) is 0. The minimum absolute atomic E-state index is 0.251. The molecule has 9 heteroatoms. The Morgan fingerprint density at radius 1 is 0.607 bits per heavy atom. The predicted molar refractivity (Wildman–Crippen MR) is 104 cm³/mol. The summed E-state index contributed by atoms with van der Waals surface area (Å²) in [4.78, 5) is 22.6. The summed E-state index contributed by atoms with van der Waals surface area (Å²) < 4.78 is 0. The lowest BCUT2D eigenvalue weighted by atomic mass is 10.2. The Kier molecular flexibility index (Phi) is 4.20. The SMILES string of the molecule is c1ccc(C2N=C(c3cccc(C4=NC(c5ccccn5)NN4)n3)NN2)nc1. The maximum atomic E-state index is 4.69. The van der Waals surface area contributed by atoms with E-state index in [0.29, 0.717) is 23.1 Å². The van der Waals surface area contributed by atoms with E-state index in [1.54, 1.807) is 12.4 Å². The second-order valence-corrected chi connectivity index (χ2v) is 6.22. The first-order chi connectivity index (χ1) is 13.9. The number of hydrogen-bond acceptors (Lipinski definition) is 9. The minimum atomic E-state index is -0.251. The van der Waals surface area contributed by atoms with E-state index in [4.69, 9.17) is 0 Å². The van der Waals surface area contributed by atoms with E-state index in [1.807, 2.05) is 54.6 Å². The molecule has 0 radical (unpaired) electrons. The summed E-state index contributed by atoms with van der Waals surface area (Å²) in [6.45, 7) is 0. The summed E-state index contributed by atoms with van der Waals surface area (Å²) in [5.74, 6) is 1.32. The average molecular weight is 371 g/mol. The monoisotopic (exact) mass is 371 g/mol. The smallest absolute Gasteiger partial charge is 0.163 e. The maximum Gasteiger partial charge on any atom is 0.163 e. The van der Waals surface area contributed by atoms with Gasteiger partial charge in [-0.05, 0) is 36.4 Å². The van der Waals surface area contributed by atoms with Gasteiger partial charge in [0.15, 0.2) is 24.0 Å². The van der Waals surface area contributed by atoms with Crippen LogP contribution in [0.4, 0.5) is 0 Å². The molecule has 9 nitrogen and oxygen atoms in total. The van der Waals surface area contributed by atoms with Crippen molar-refractivity contribution in [3.63, 3.8) is 0 Å². The lowest BCUT2D eigenvalue weighted by molar-refractivity contribution is 0.561. The number of rotatable bonds is 4. The van der Waals surface area contributed by atoms with Gasteiger partial charge >= 0.3 is 0 Å². The highest BCUT2D eigenvalue weighted by molar-refractivity contribution is 6.01. The van der Waals surface area contributed by atoms with Crippen molar-refractivity contribution < 1.29 is 0 Å². The Morgan fingerprint density at radius 3 is 1.61 bits per heavy atom. The standard InChI is InChI=1S/C19H17N9/c1-3-10-20-12(6-1)16-23-18(27-25-16)14-8-5-9-15(22-14)19-24-17(26-28-19)13-7-2-4-11-21-13/h1-11,16-17,25-26H,(H,23,27)(H,24,28). The van der Waals surface area contributed by atoms with Crippen molar-refractivity contribution in [1.82, 2.24) is 36.7 Å². The number of hydrogen-bond donors (Lipinski definition) is 4. The van der Waals surface area contributed by atoms with E-state index in [9.17, 15) is 0 Å². The number of amidine groups is 2. The summed E-state index contributed by atoms with van der Waals surface area (Å²) in [6.07, 6.45) is 2.99. The van der Waals surface area contributed by atoms with E-state index in [2.05, 4.69) is 46.6 Å². The molecule has 4 N–H and O–H groups in total. The third-order valence-electron chi connectivity index (χ3n) is 4.34. The number of nitrogens with zero attached hydrogens (tertiary/aromatic N) is 5. The molecule has 2 atom stereocenters. The largest absolute Gasteiger partial charge is 0.302 e. The number of hydrazine groups is 2. The first kappa shape index (κ1) is 16.5. The lowest BCUT2D eigenvalue weighted by Crippen LogP contribution is -2.34. The Labute approximate surface area is 161 Å². The van der Waals surface area contributed by atoms with Crippen LogP contribution in [0.25, 0.3) is 0 Å². The third kappa shape index (κ3) is 3.20. The zero-order valence-corrected chi connectivity index (χ0v) is 14.7. The fourth-order valence-electron chi connectivity index (χ4n) is 2.98. The molecule has 0 amide bonds. The highest BCUT2D eigenvalue weighted by Gasteiger charge is 2.23. The Hall–Kier alpha value is -3.69. The van der Waals surface area contributed by atoms with Gasteiger partial charge in [-0.3, -0.25) is 9.97 Å². The van der Waals surface area contributed by atoms with Gasteiger partial charge in [-0.15, -0.1) is 0 Å². The van der Waals surface area contributed by atoms with Gasteiger partial charge in [0.1, 0.15) is 11.4 Å². The first-order valence-electron chi connectivity index (χ1n) is 8.85. The molecule has 138 valence electrons. The highest BCUT2D eigenvalue weighted by Crippen LogP contribution is 2.18. The molecule has 0 bridgehead atoms. The van der Waals surface area contributed by atoms with Crippen LogP contribution in [0.5, 0.6) is 0 Å². The number of pyridine rings is 3. The minimum Gasteiger partial charge on any atom is -0.302 e. The second kappa shape index (κ2) is 7.14. The Morgan fingerprint density at radius 2 is 1.14 bits per heavy atom. The van der Waals surface area contributed by atoms with Crippen molar-refractivity contribution in [3.8, 4) is 0 Å². The van der Waals surface area contributed by atoms with Crippen LogP contribution < -0.4 is 21.7 Å². The molecular formula is C19H17N9. The molecule has 3 aromatic rings. The molecule has 5 heterocycles. The molecule has 0 aliphatic carbocycles. The normalized spacial score (nSPS) is 20.9. The van der Waals surface area contributed by atoms with Crippen LogP contribution in [0.3, 0.4) is 0 Å². The zero-order valence-electron chi connectivity index (χ0n) is 14.7. The van der Waals surface area contributed by atoms with Crippen LogP contribution >= 0.6 is 0 Å². The second-order valence-electron chi connectivity index (χ2n) is 6.22. The van der Waals surface area contributed by atoms with Crippen LogP contribution in [-0.4, -0.2) is 26.6 Å². The van der Waals surface area contributed by atoms with E-state index in [1.165, 1.54) is 0 Å². The third-order valence-corrected chi connectivity index (χ3v) is 4.34. The van der Waals surface area contributed by atoms with Crippen LogP contribution in [0, 0.1) is 0 Å².